The van der Waals surface area contributed by atoms with Gasteiger partial charge in [0, 0.05) is 43.7 Å². The van der Waals surface area contributed by atoms with Crippen LogP contribution in [0.15, 0.2) is 61.1 Å². The van der Waals surface area contributed by atoms with Crippen molar-refractivity contribution in [3.8, 4) is 17.7 Å². The Balaban J connectivity index is 1.65. The number of aromatic nitrogens is 3. The van der Waals surface area contributed by atoms with Crippen LogP contribution >= 0.6 is 0 Å². The number of aliphatic hydroxyl groups excluding tert-OH is 1. The molecule has 0 aliphatic carbocycles. The summed E-state index contributed by atoms with van der Waals surface area (Å²) in [5.74, 6) is 5.45. The molecule has 3 atom stereocenters. The maximum absolute atomic E-state index is 13.5. The Hall–Kier alpha value is -4.29. The first kappa shape index (κ1) is 25.8. The van der Waals surface area contributed by atoms with Crippen molar-refractivity contribution >= 4 is 11.8 Å². The molecule has 1 N–H and O–H groups in total. The molecule has 0 radical (unpaired) electrons. The van der Waals surface area contributed by atoms with E-state index in [2.05, 4.69) is 26.8 Å². The Labute approximate surface area is 216 Å². The summed E-state index contributed by atoms with van der Waals surface area (Å²) < 4.78 is 6.26. The summed E-state index contributed by atoms with van der Waals surface area (Å²) in [4.78, 5) is 42.4. The molecule has 37 heavy (non-hydrogen) atoms. The molecule has 3 aromatic heterocycles. The molecule has 0 unspecified atom stereocenters. The molecule has 0 saturated heterocycles. The van der Waals surface area contributed by atoms with E-state index in [1.807, 2.05) is 19.1 Å². The van der Waals surface area contributed by atoms with Crippen LogP contribution in [0.5, 0.6) is 5.88 Å². The number of hydrogen-bond acceptors (Lipinski definition) is 7. The fourth-order valence-corrected chi connectivity index (χ4v) is 4.00. The SMILES string of the molecule is C[C@H]1CN([C@@H](C)CO)C(=O)c2cc(C#Cc3ccccn3)cnc2O[C@H]1CN(C)C(=O)c1ccccn1. The van der Waals surface area contributed by atoms with Gasteiger partial charge in [-0.2, -0.15) is 0 Å². The van der Waals surface area contributed by atoms with Gasteiger partial charge in [0.15, 0.2) is 0 Å². The van der Waals surface area contributed by atoms with Crippen molar-refractivity contribution in [2.45, 2.75) is 26.0 Å². The van der Waals surface area contributed by atoms with Crippen LogP contribution in [0.25, 0.3) is 0 Å². The third-order valence-electron chi connectivity index (χ3n) is 6.21. The van der Waals surface area contributed by atoms with Crippen molar-refractivity contribution in [1.29, 1.82) is 0 Å². The number of carbonyl (C=O) groups is 2. The van der Waals surface area contributed by atoms with Gasteiger partial charge in [-0.25, -0.2) is 9.97 Å². The van der Waals surface area contributed by atoms with Gasteiger partial charge >= 0.3 is 0 Å². The first-order chi connectivity index (χ1) is 17.9. The number of nitrogens with zero attached hydrogens (tertiary/aromatic N) is 5. The molecule has 0 fully saturated rings. The summed E-state index contributed by atoms with van der Waals surface area (Å²) >= 11 is 0. The largest absolute Gasteiger partial charge is 0.472 e. The van der Waals surface area contributed by atoms with Gasteiger partial charge in [0.25, 0.3) is 11.8 Å². The molecule has 3 aromatic rings. The van der Waals surface area contributed by atoms with Crippen LogP contribution in [0, 0.1) is 17.8 Å². The first-order valence-electron chi connectivity index (χ1n) is 12.1. The summed E-state index contributed by atoms with van der Waals surface area (Å²) in [5.41, 5.74) is 1.72. The minimum absolute atomic E-state index is 0.157. The molecule has 9 heteroatoms. The molecule has 0 bridgehead atoms. The Morgan fingerprint density at radius 2 is 1.95 bits per heavy atom. The van der Waals surface area contributed by atoms with Crippen molar-refractivity contribution in [2.75, 3.05) is 26.7 Å². The van der Waals surface area contributed by atoms with Gasteiger partial charge in [0.05, 0.1) is 19.2 Å². The molecule has 0 spiro atoms. The monoisotopic (exact) mass is 499 g/mol. The molecule has 190 valence electrons. The topological polar surface area (TPSA) is 109 Å². The lowest BCUT2D eigenvalue weighted by Gasteiger charge is -2.37. The number of ether oxygens (including phenoxy) is 1. The van der Waals surface area contributed by atoms with E-state index in [9.17, 15) is 14.7 Å². The van der Waals surface area contributed by atoms with Crippen LogP contribution in [0.2, 0.25) is 0 Å². The first-order valence-corrected chi connectivity index (χ1v) is 12.1. The molecule has 1 aliphatic heterocycles. The van der Waals surface area contributed by atoms with E-state index in [0.717, 1.165) is 0 Å². The molecule has 1 aliphatic rings. The molecular weight excluding hydrogens is 470 g/mol. The Morgan fingerprint density at radius 3 is 2.62 bits per heavy atom. The van der Waals surface area contributed by atoms with Crippen LogP contribution in [-0.4, -0.2) is 80.6 Å². The summed E-state index contributed by atoms with van der Waals surface area (Å²) in [6.07, 6.45) is 4.32. The molecule has 4 heterocycles. The predicted molar refractivity (Wildman–Crippen MR) is 137 cm³/mol. The standard InChI is InChI=1S/C28H29N5O4/c1-19-16-33(20(2)18-34)27(35)23-14-21(10-11-22-8-4-6-12-29-22)15-31-26(23)37-25(19)17-32(3)28(36)24-9-5-7-13-30-24/h4-9,12-15,19-20,25,34H,16-18H2,1-3H3/t19-,20-,25-/m0/s1. The van der Waals surface area contributed by atoms with Crippen molar-refractivity contribution < 1.29 is 19.4 Å². The average Bonchev–Trinajstić information content (AvgIpc) is 2.94. The molecule has 4 rings (SSSR count). The molecular formula is C28H29N5O4. The zero-order valence-electron chi connectivity index (χ0n) is 21.0. The molecule has 0 saturated carbocycles. The number of carbonyl (C=O) groups excluding carboxylic acids is 2. The van der Waals surface area contributed by atoms with E-state index in [1.54, 1.807) is 72.7 Å². The van der Waals surface area contributed by atoms with E-state index >= 15 is 0 Å². The van der Waals surface area contributed by atoms with E-state index in [0.29, 0.717) is 23.5 Å². The van der Waals surface area contributed by atoms with Crippen molar-refractivity contribution in [3.63, 3.8) is 0 Å². The van der Waals surface area contributed by atoms with Gasteiger partial charge in [0.2, 0.25) is 5.88 Å². The van der Waals surface area contributed by atoms with E-state index < -0.39 is 12.1 Å². The predicted octanol–water partition coefficient (Wildman–Crippen LogP) is 2.26. The van der Waals surface area contributed by atoms with E-state index in [-0.39, 0.29) is 42.3 Å². The maximum Gasteiger partial charge on any atom is 0.272 e. The van der Waals surface area contributed by atoms with Crippen LogP contribution in [0.4, 0.5) is 0 Å². The van der Waals surface area contributed by atoms with Crippen molar-refractivity contribution in [1.82, 2.24) is 24.8 Å². The maximum atomic E-state index is 13.5. The summed E-state index contributed by atoms with van der Waals surface area (Å²) in [6, 6.07) is 11.9. The van der Waals surface area contributed by atoms with Gasteiger partial charge in [-0.15, -0.1) is 0 Å². The van der Waals surface area contributed by atoms with Gasteiger partial charge in [0.1, 0.15) is 23.1 Å². The highest BCUT2D eigenvalue weighted by molar-refractivity contribution is 5.97. The minimum atomic E-state index is -0.462. The Bertz CT molecular complexity index is 1310. The fourth-order valence-electron chi connectivity index (χ4n) is 4.00. The number of fused-ring (bicyclic) bond motifs is 1. The third kappa shape index (κ3) is 6.11. The zero-order chi connectivity index (χ0) is 26.4. The van der Waals surface area contributed by atoms with E-state index in [4.69, 9.17) is 4.74 Å². The highest BCUT2D eigenvalue weighted by Crippen LogP contribution is 2.27. The fraction of sp³-hybridized carbons (Fsp3) is 0.321. The second-order valence-electron chi connectivity index (χ2n) is 9.07. The van der Waals surface area contributed by atoms with Crippen LogP contribution in [0.1, 0.15) is 46.0 Å². The lowest BCUT2D eigenvalue weighted by atomic mass is 9.99. The number of aliphatic hydroxyl groups is 1. The summed E-state index contributed by atoms with van der Waals surface area (Å²) in [5, 5.41) is 9.85. The summed E-state index contributed by atoms with van der Waals surface area (Å²) in [6.45, 7) is 4.14. The lowest BCUT2D eigenvalue weighted by molar-refractivity contribution is 0.0312. The Morgan fingerprint density at radius 1 is 1.19 bits per heavy atom. The average molecular weight is 500 g/mol. The smallest absolute Gasteiger partial charge is 0.272 e. The highest BCUT2D eigenvalue weighted by atomic mass is 16.5. The van der Waals surface area contributed by atoms with Gasteiger partial charge in [-0.05, 0) is 43.2 Å². The zero-order valence-corrected chi connectivity index (χ0v) is 21.0. The van der Waals surface area contributed by atoms with Crippen LogP contribution in [0.3, 0.4) is 0 Å². The number of rotatable bonds is 5. The molecule has 2 amide bonds. The minimum Gasteiger partial charge on any atom is -0.472 e. The Kier molecular flexibility index (Phi) is 8.11. The quantitative estimate of drug-likeness (QED) is 0.537. The number of amides is 2. The summed E-state index contributed by atoms with van der Waals surface area (Å²) in [7, 11) is 1.69. The van der Waals surface area contributed by atoms with Gasteiger partial charge in [-0.1, -0.05) is 25.0 Å². The van der Waals surface area contributed by atoms with Gasteiger partial charge in [-0.3, -0.25) is 14.6 Å². The second-order valence-corrected chi connectivity index (χ2v) is 9.07. The van der Waals surface area contributed by atoms with Gasteiger partial charge < -0.3 is 19.6 Å². The highest BCUT2D eigenvalue weighted by Gasteiger charge is 2.34. The lowest BCUT2D eigenvalue weighted by Crippen LogP contribution is -2.50. The molecule has 9 nitrogen and oxygen atoms in total. The van der Waals surface area contributed by atoms with E-state index in [1.165, 1.54) is 0 Å². The second kappa shape index (κ2) is 11.6. The van der Waals surface area contributed by atoms with Crippen LogP contribution in [-0.2, 0) is 0 Å². The number of likely N-dealkylation sites (N-methyl/N-ethyl adjacent to an activating group) is 1. The molecule has 0 aromatic carbocycles. The number of pyridine rings is 3. The van der Waals surface area contributed by atoms with Crippen molar-refractivity contribution in [3.05, 3.63) is 83.6 Å². The number of hydrogen-bond donors (Lipinski definition) is 1. The van der Waals surface area contributed by atoms with Crippen molar-refractivity contribution in [2.24, 2.45) is 5.92 Å². The third-order valence-corrected chi connectivity index (χ3v) is 6.21. The van der Waals surface area contributed by atoms with Crippen LogP contribution < -0.4 is 4.74 Å². The normalized spacial score (nSPS) is 17.8.